The van der Waals surface area contributed by atoms with Gasteiger partial charge in [-0.2, -0.15) is 0 Å². The first-order chi connectivity index (χ1) is 29.0. The minimum absolute atomic E-state index is 0.256. The van der Waals surface area contributed by atoms with Gasteiger partial charge in [0, 0.05) is 22.5 Å². The molecule has 0 radical (unpaired) electrons. The number of nitrogens with zero attached hydrogens (tertiary/aromatic N) is 1. The highest BCUT2D eigenvalue weighted by molar-refractivity contribution is 6.06. The van der Waals surface area contributed by atoms with Gasteiger partial charge in [-0.05, 0) is 138 Å². The number of rotatable bonds is 5. The van der Waals surface area contributed by atoms with E-state index in [1.807, 2.05) is 0 Å². The van der Waals surface area contributed by atoms with Crippen molar-refractivity contribution in [3.8, 4) is 55.6 Å². The molecule has 0 amide bonds. The van der Waals surface area contributed by atoms with Gasteiger partial charge in [0.25, 0.3) is 0 Å². The van der Waals surface area contributed by atoms with E-state index in [4.69, 9.17) is 0 Å². The lowest BCUT2D eigenvalue weighted by molar-refractivity contribution is 0.661. The molecule has 0 N–H and O–H groups in total. The van der Waals surface area contributed by atoms with Gasteiger partial charge in [0.1, 0.15) is 0 Å². The Morgan fingerprint density at radius 1 is 0.305 bits per heavy atom. The summed E-state index contributed by atoms with van der Waals surface area (Å²) in [6.07, 6.45) is 0. The lowest BCUT2D eigenvalue weighted by Gasteiger charge is -2.32. The Hall–Kier alpha value is -7.22. The summed E-state index contributed by atoms with van der Waals surface area (Å²) in [6, 6.07) is 79.1. The molecule has 0 saturated heterocycles. The predicted molar refractivity (Wildman–Crippen MR) is 246 cm³/mol. The second kappa shape index (κ2) is 12.6. The summed E-state index contributed by atoms with van der Waals surface area (Å²) in [7, 11) is 0. The van der Waals surface area contributed by atoms with Crippen molar-refractivity contribution in [2.45, 2.75) is 24.7 Å². The molecule has 0 unspecified atom stereocenters. The summed E-state index contributed by atoms with van der Waals surface area (Å²) < 4.78 is 0. The lowest BCUT2D eigenvalue weighted by atomic mass is 9.69. The third-order valence-electron chi connectivity index (χ3n) is 13.4. The topological polar surface area (TPSA) is 3.24 Å². The summed E-state index contributed by atoms with van der Waals surface area (Å²) >= 11 is 0. The van der Waals surface area contributed by atoms with Crippen LogP contribution in [0.15, 0.2) is 212 Å². The average Bonchev–Trinajstić information content (AvgIpc) is 3.86. The molecule has 1 nitrogen and oxygen atoms in total. The van der Waals surface area contributed by atoms with Crippen LogP contribution in [0.1, 0.15) is 47.2 Å². The second-order valence-electron chi connectivity index (χ2n) is 16.8. The first-order valence-corrected chi connectivity index (χ1v) is 20.8. The Morgan fingerprint density at radius 3 is 1.32 bits per heavy atom. The molecule has 9 aromatic rings. The van der Waals surface area contributed by atoms with Crippen molar-refractivity contribution in [2.75, 3.05) is 4.90 Å². The standard InChI is InChI=1S/C58H41N/c1-57(2)49-30-16-14-28-46(49)55-54-47-29-15-19-33-52(47)58(50-31-17-12-26-44(50)45-27-13-18-32-51(45)58)53(54)37-48(56(55)57)40-34-39(38-20-6-3-7-21-38)35-43(36-40)59(41-22-8-4-9-23-41)42-24-10-5-11-25-42/h3-37H,1-2H3. The van der Waals surface area contributed by atoms with Crippen molar-refractivity contribution in [1.29, 1.82) is 0 Å². The highest BCUT2D eigenvalue weighted by atomic mass is 15.1. The number of fused-ring (bicyclic) bond motifs is 14. The van der Waals surface area contributed by atoms with Crippen molar-refractivity contribution in [2.24, 2.45) is 0 Å². The third-order valence-corrected chi connectivity index (χ3v) is 13.4. The minimum atomic E-state index is -0.468. The maximum atomic E-state index is 2.62. The average molecular weight is 752 g/mol. The summed E-state index contributed by atoms with van der Waals surface area (Å²) in [6.45, 7) is 4.87. The quantitative estimate of drug-likeness (QED) is 0.169. The zero-order valence-corrected chi connectivity index (χ0v) is 33.2. The van der Waals surface area contributed by atoms with Crippen LogP contribution in [0.5, 0.6) is 0 Å². The second-order valence-corrected chi connectivity index (χ2v) is 16.8. The Balaban J connectivity index is 1.24. The zero-order chi connectivity index (χ0) is 39.3. The Bertz CT molecular complexity index is 3040. The van der Waals surface area contributed by atoms with Gasteiger partial charge in [0.15, 0.2) is 0 Å². The van der Waals surface area contributed by atoms with Gasteiger partial charge in [-0.25, -0.2) is 0 Å². The fourth-order valence-electron chi connectivity index (χ4n) is 11.1. The molecule has 278 valence electrons. The highest BCUT2D eigenvalue weighted by Crippen LogP contribution is 2.67. The lowest BCUT2D eigenvalue weighted by Crippen LogP contribution is -2.26. The Kier molecular flexibility index (Phi) is 7.26. The van der Waals surface area contributed by atoms with E-state index in [-0.39, 0.29) is 5.41 Å². The first kappa shape index (κ1) is 33.9. The molecule has 0 saturated carbocycles. The molecular weight excluding hydrogens is 711 g/mol. The van der Waals surface area contributed by atoms with Gasteiger partial charge >= 0.3 is 0 Å². The maximum absolute atomic E-state index is 2.62. The Morgan fingerprint density at radius 2 is 0.746 bits per heavy atom. The van der Waals surface area contributed by atoms with Gasteiger partial charge in [0.05, 0.1) is 5.41 Å². The molecule has 0 heterocycles. The first-order valence-electron chi connectivity index (χ1n) is 20.8. The summed E-state index contributed by atoms with van der Waals surface area (Å²) in [5.74, 6) is 0. The van der Waals surface area contributed by atoms with E-state index in [2.05, 4.69) is 231 Å². The Labute approximate surface area is 346 Å². The molecule has 3 aliphatic carbocycles. The SMILES string of the molecule is CC1(C)c2ccccc2-c2c3c(cc(-c4cc(-c5ccccc5)cc(N(c5ccccc5)c5ccccc5)c4)c21)C1(c2ccccc2-c2ccccc21)c1ccccc1-3. The number of hydrogen-bond donors (Lipinski definition) is 0. The number of para-hydroxylation sites is 2. The normalized spacial score (nSPS) is 14.2. The minimum Gasteiger partial charge on any atom is -0.310 e. The molecule has 0 bridgehead atoms. The van der Waals surface area contributed by atoms with Crippen LogP contribution in [0.2, 0.25) is 0 Å². The van der Waals surface area contributed by atoms with Gasteiger partial charge in [-0.1, -0.05) is 178 Å². The van der Waals surface area contributed by atoms with Gasteiger partial charge < -0.3 is 4.90 Å². The van der Waals surface area contributed by atoms with Crippen LogP contribution in [-0.2, 0) is 10.8 Å². The van der Waals surface area contributed by atoms with Crippen LogP contribution in [0.4, 0.5) is 17.1 Å². The van der Waals surface area contributed by atoms with Crippen molar-refractivity contribution < 1.29 is 0 Å². The fourth-order valence-corrected chi connectivity index (χ4v) is 11.1. The largest absolute Gasteiger partial charge is 0.310 e. The molecule has 0 fully saturated rings. The molecule has 0 aromatic heterocycles. The van der Waals surface area contributed by atoms with E-state index < -0.39 is 5.41 Å². The summed E-state index contributed by atoms with van der Waals surface area (Å²) in [5.41, 5.74) is 23.8. The molecule has 9 aromatic carbocycles. The fraction of sp³-hybridized carbons (Fsp3) is 0.0690. The number of anilines is 3. The van der Waals surface area contributed by atoms with E-state index in [0.717, 1.165) is 17.1 Å². The van der Waals surface area contributed by atoms with Crippen LogP contribution >= 0.6 is 0 Å². The van der Waals surface area contributed by atoms with Crippen LogP contribution in [0, 0.1) is 0 Å². The molecule has 12 rings (SSSR count). The number of hydrogen-bond acceptors (Lipinski definition) is 1. The van der Waals surface area contributed by atoms with Crippen molar-refractivity contribution >= 4 is 17.1 Å². The van der Waals surface area contributed by atoms with Crippen molar-refractivity contribution in [1.82, 2.24) is 0 Å². The van der Waals surface area contributed by atoms with Crippen molar-refractivity contribution in [3.63, 3.8) is 0 Å². The predicted octanol–water partition coefficient (Wildman–Crippen LogP) is 15.1. The zero-order valence-electron chi connectivity index (χ0n) is 33.2. The van der Waals surface area contributed by atoms with Gasteiger partial charge in [0.2, 0.25) is 0 Å². The molecule has 59 heavy (non-hydrogen) atoms. The van der Waals surface area contributed by atoms with Crippen LogP contribution in [0.3, 0.4) is 0 Å². The van der Waals surface area contributed by atoms with Crippen LogP contribution in [0.25, 0.3) is 55.6 Å². The van der Waals surface area contributed by atoms with E-state index in [1.165, 1.54) is 89.0 Å². The van der Waals surface area contributed by atoms with E-state index >= 15 is 0 Å². The van der Waals surface area contributed by atoms with E-state index in [9.17, 15) is 0 Å². The molecule has 3 aliphatic rings. The van der Waals surface area contributed by atoms with Gasteiger partial charge in [-0.3, -0.25) is 0 Å². The summed E-state index contributed by atoms with van der Waals surface area (Å²) in [5, 5.41) is 0. The van der Waals surface area contributed by atoms with Crippen LogP contribution < -0.4 is 4.90 Å². The van der Waals surface area contributed by atoms with Crippen molar-refractivity contribution in [3.05, 3.63) is 246 Å². The number of benzene rings is 9. The third kappa shape index (κ3) is 4.67. The van der Waals surface area contributed by atoms with E-state index in [0.29, 0.717) is 0 Å². The molecule has 1 spiro atoms. The van der Waals surface area contributed by atoms with Gasteiger partial charge in [-0.15, -0.1) is 0 Å². The molecule has 1 heteroatoms. The molecule has 0 aliphatic heterocycles. The molecular formula is C58H41N. The smallest absolute Gasteiger partial charge is 0.0725 e. The summed E-state index contributed by atoms with van der Waals surface area (Å²) in [4.78, 5) is 2.41. The van der Waals surface area contributed by atoms with E-state index in [1.54, 1.807) is 0 Å². The highest BCUT2D eigenvalue weighted by Gasteiger charge is 2.54. The maximum Gasteiger partial charge on any atom is 0.0725 e. The van der Waals surface area contributed by atoms with Crippen LogP contribution in [-0.4, -0.2) is 0 Å². The monoisotopic (exact) mass is 751 g/mol. The molecule has 0 atom stereocenters.